The van der Waals surface area contributed by atoms with Crippen LogP contribution in [0.2, 0.25) is 10.0 Å². The van der Waals surface area contributed by atoms with Crippen molar-refractivity contribution in [3.8, 4) is 16.9 Å². The van der Waals surface area contributed by atoms with E-state index in [1.54, 1.807) is 22.9 Å². The number of hydrogen-bond donors (Lipinski definition) is 2. The van der Waals surface area contributed by atoms with Crippen molar-refractivity contribution in [3.05, 3.63) is 104 Å². The molecule has 0 aliphatic carbocycles. The lowest BCUT2D eigenvalue weighted by molar-refractivity contribution is 0.0690. The van der Waals surface area contributed by atoms with Gasteiger partial charge < -0.3 is 10.4 Å². The molecule has 166 valence electrons. The van der Waals surface area contributed by atoms with Crippen molar-refractivity contribution in [2.75, 3.05) is 0 Å². The maximum absolute atomic E-state index is 11.5. The molecule has 1 aromatic heterocycles. The third-order valence-electron chi connectivity index (χ3n) is 4.89. The van der Waals surface area contributed by atoms with Crippen molar-refractivity contribution < 1.29 is 9.90 Å². The third-order valence-corrected chi connectivity index (χ3v) is 6.53. The summed E-state index contributed by atoms with van der Waals surface area (Å²) in [7, 11) is 0. The molecule has 0 saturated carbocycles. The summed E-state index contributed by atoms with van der Waals surface area (Å²) in [5.41, 5.74) is 3.93. The van der Waals surface area contributed by atoms with Gasteiger partial charge in [0, 0.05) is 22.1 Å². The summed E-state index contributed by atoms with van der Waals surface area (Å²) in [5, 5.41) is 17.7. The molecule has 0 spiro atoms. The molecule has 2 N–H and O–H groups in total. The number of carboxylic acids is 1. The summed E-state index contributed by atoms with van der Waals surface area (Å²) in [6.45, 7) is 0.557. The van der Waals surface area contributed by atoms with E-state index < -0.39 is 5.97 Å². The van der Waals surface area contributed by atoms with Crippen molar-refractivity contribution in [2.45, 2.75) is 6.54 Å². The van der Waals surface area contributed by atoms with Gasteiger partial charge in [-0.25, -0.2) is 9.48 Å². The Kier molecular flexibility index (Phi) is 7.14. The predicted octanol–water partition coefficient (Wildman–Crippen LogP) is 6.77. The van der Waals surface area contributed by atoms with E-state index in [9.17, 15) is 9.90 Å². The van der Waals surface area contributed by atoms with Crippen LogP contribution in [0.1, 0.15) is 21.6 Å². The number of carbonyl (C=O) groups is 1. The molecular formula is C24H16BrCl2N3O2S. The molecule has 0 saturated heterocycles. The van der Waals surface area contributed by atoms with Crippen LogP contribution in [0.15, 0.2) is 77.3 Å². The van der Waals surface area contributed by atoms with Crippen LogP contribution in [0.5, 0.6) is 0 Å². The van der Waals surface area contributed by atoms with Gasteiger partial charge in [-0.2, -0.15) is 5.10 Å². The Morgan fingerprint density at radius 2 is 1.70 bits per heavy atom. The van der Waals surface area contributed by atoms with E-state index in [0.29, 0.717) is 33.0 Å². The van der Waals surface area contributed by atoms with Gasteiger partial charge in [0.25, 0.3) is 0 Å². The molecule has 33 heavy (non-hydrogen) atoms. The highest BCUT2D eigenvalue weighted by Gasteiger charge is 2.17. The Labute approximate surface area is 214 Å². The van der Waals surface area contributed by atoms with Gasteiger partial charge in [0.2, 0.25) is 0 Å². The van der Waals surface area contributed by atoms with E-state index >= 15 is 0 Å². The van der Waals surface area contributed by atoms with Crippen LogP contribution in [0.3, 0.4) is 0 Å². The topological polar surface area (TPSA) is 67.2 Å². The molecular weight excluding hydrogens is 545 g/mol. The van der Waals surface area contributed by atoms with E-state index in [2.05, 4.69) is 26.3 Å². The lowest BCUT2D eigenvalue weighted by atomic mass is 10.1. The third kappa shape index (κ3) is 5.45. The molecule has 0 aliphatic rings. The van der Waals surface area contributed by atoms with Crippen molar-refractivity contribution in [2.24, 2.45) is 0 Å². The van der Waals surface area contributed by atoms with E-state index in [1.165, 1.54) is 6.07 Å². The molecule has 5 nitrogen and oxygen atoms in total. The van der Waals surface area contributed by atoms with Crippen LogP contribution in [-0.4, -0.2) is 25.8 Å². The zero-order valence-electron chi connectivity index (χ0n) is 16.9. The molecule has 0 radical (unpaired) electrons. The second kappa shape index (κ2) is 10.1. The Morgan fingerprint density at radius 3 is 2.33 bits per heavy atom. The van der Waals surface area contributed by atoms with Crippen LogP contribution in [0.4, 0.5) is 0 Å². The highest BCUT2D eigenvalue weighted by Crippen LogP contribution is 2.29. The number of nitrogens with zero attached hydrogens (tertiary/aromatic N) is 2. The first-order valence-electron chi connectivity index (χ1n) is 9.73. The second-order valence-corrected chi connectivity index (χ2v) is 9.26. The number of carboxylic acid groups (broad SMARTS) is 1. The largest absolute Gasteiger partial charge is 0.476 e. The zero-order chi connectivity index (χ0) is 23.5. The van der Waals surface area contributed by atoms with E-state index in [0.717, 1.165) is 21.2 Å². The number of aromatic nitrogens is 2. The maximum Gasteiger partial charge on any atom is 0.356 e. The van der Waals surface area contributed by atoms with E-state index in [4.69, 9.17) is 35.4 Å². The molecule has 3 aromatic carbocycles. The van der Waals surface area contributed by atoms with Gasteiger partial charge in [0.15, 0.2) is 5.69 Å². The second-order valence-electron chi connectivity index (χ2n) is 7.12. The van der Waals surface area contributed by atoms with Crippen molar-refractivity contribution in [3.63, 3.8) is 0 Å². The van der Waals surface area contributed by atoms with E-state index in [1.807, 2.05) is 48.5 Å². The van der Waals surface area contributed by atoms with Gasteiger partial charge in [-0.1, -0.05) is 87.7 Å². The number of halogens is 3. The standard InChI is InChI=1S/C24H16BrCl2N3O2S/c25-17-7-5-16(6-8-17)23(33)28-13-14-1-3-15(4-2-14)22-12-21(24(31)32)29-30(22)18-9-10-19(26)20(27)11-18/h1-12H,13H2,(H,28,33)(H,31,32). The SMILES string of the molecule is O=C(O)c1cc(-c2ccc(CNC(=S)c3ccc(Br)cc3)cc2)n(-c2ccc(Cl)c(Cl)c2)n1. The summed E-state index contributed by atoms with van der Waals surface area (Å²) in [4.78, 5) is 12.2. The molecule has 4 aromatic rings. The number of nitrogens with one attached hydrogen (secondary N) is 1. The normalized spacial score (nSPS) is 10.8. The Hall–Kier alpha value is -2.71. The molecule has 0 aliphatic heterocycles. The summed E-state index contributed by atoms with van der Waals surface area (Å²) in [6, 6.07) is 22.1. The average Bonchev–Trinajstić information content (AvgIpc) is 3.26. The Morgan fingerprint density at radius 1 is 1.00 bits per heavy atom. The summed E-state index contributed by atoms with van der Waals surface area (Å²) < 4.78 is 2.54. The predicted molar refractivity (Wildman–Crippen MR) is 139 cm³/mol. The number of thiocarbonyl (C=S) groups is 1. The van der Waals surface area contributed by atoms with Gasteiger partial charge in [-0.3, -0.25) is 0 Å². The molecule has 4 rings (SSSR count). The molecule has 0 bridgehead atoms. The monoisotopic (exact) mass is 559 g/mol. The molecule has 0 amide bonds. The van der Waals surface area contributed by atoms with Gasteiger partial charge in [0.1, 0.15) is 4.99 Å². The van der Waals surface area contributed by atoms with Gasteiger partial charge >= 0.3 is 5.97 Å². The summed E-state index contributed by atoms with van der Waals surface area (Å²) in [6.07, 6.45) is 0. The number of rotatable bonds is 6. The minimum absolute atomic E-state index is 0.0679. The van der Waals surface area contributed by atoms with Gasteiger partial charge in [0.05, 0.1) is 21.4 Å². The maximum atomic E-state index is 11.5. The fourth-order valence-electron chi connectivity index (χ4n) is 3.18. The van der Waals surface area contributed by atoms with E-state index in [-0.39, 0.29) is 5.69 Å². The minimum Gasteiger partial charge on any atom is -0.476 e. The molecule has 0 unspecified atom stereocenters. The van der Waals surface area contributed by atoms with Crippen LogP contribution in [0, 0.1) is 0 Å². The number of aromatic carboxylic acids is 1. The van der Waals surface area contributed by atoms with Crippen molar-refractivity contribution in [1.29, 1.82) is 0 Å². The van der Waals surface area contributed by atoms with Crippen LogP contribution < -0.4 is 5.32 Å². The van der Waals surface area contributed by atoms with Crippen molar-refractivity contribution >= 4 is 62.3 Å². The smallest absolute Gasteiger partial charge is 0.356 e. The summed E-state index contributed by atoms with van der Waals surface area (Å²) in [5.74, 6) is -1.11. The quantitative estimate of drug-likeness (QED) is 0.255. The van der Waals surface area contributed by atoms with Gasteiger partial charge in [-0.15, -0.1) is 0 Å². The first-order valence-corrected chi connectivity index (χ1v) is 11.7. The van der Waals surface area contributed by atoms with Crippen LogP contribution in [0.25, 0.3) is 16.9 Å². The Bertz CT molecular complexity index is 1340. The lowest BCUT2D eigenvalue weighted by Crippen LogP contribution is -2.21. The zero-order valence-corrected chi connectivity index (χ0v) is 20.8. The lowest BCUT2D eigenvalue weighted by Gasteiger charge is -2.11. The number of benzene rings is 3. The fourth-order valence-corrected chi connectivity index (χ4v) is 3.95. The summed E-state index contributed by atoms with van der Waals surface area (Å²) >= 11 is 21.1. The minimum atomic E-state index is -1.11. The highest BCUT2D eigenvalue weighted by molar-refractivity contribution is 9.10. The first-order chi connectivity index (χ1) is 15.8. The average molecular weight is 561 g/mol. The van der Waals surface area contributed by atoms with Crippen LogP contribution >= 0.6 is 51.3 Å². The number of hydrogen-bond acceptors (Lipinski definition) is 3. The fraction of sp³-hybridized carbons (Fsp3) is 0.0417. The molecule has 0 atom stereocenters. The molecule has 0 fully saturated rings. The van der Waals surface area contributed by atoms with Gasteiger partial charge in [-0.05, 0) is 42.0 Å². The molecule has 1 heterocycles. The molecule has 9 heteroatoms. The first kappa shape index (κ1) is 23.4. The Balaban J connectivity index is 1.57. The highest BCUT2D eigenvalue weighted by atomic mass is 79.9. The van der Waals surface area contributed by atoms with Crippen LogP contribution in [-0.2, 0) is 6.54 Å². The van der Waals surface area contributed by atoms with Crippen molar-refractivity contribution in [1.82, 2.24) is 15.1 Å².